The molecule has 2 aliphatic rings. The minimum Gasteiger partial charge on any atom is -0.507 e. The third-order valence-corrected chi connectivity index (χ3v) is 7.46. The number of fused-ring (bicyclic) bond motifs is 1. The number of aromatic hydroxyl groups is 1. The Morgan fingerprint density at radius 3 is 2.42 bits per heavy atom. The average molecular weight is 609 g/mol. The van der Waals surface area contributed by atoms with Gasteiger partial charge in [0.1, 0.15) is 64.9 Å². The summed E-state index contributed by atoms with van der Waals surface area (Å²) in [5.74, 6) is 0.128. The largest absolute Gasteiger partial charge is 0.507 e. The average Bonchev–Trinajstić information content (AvgIpc) is 3.30. The second-order valence-electron chi connectivity index (χ2n) is 10.2. The Balaban J connectivity index is 1.34. The molecule has 0 radical (unpaired) electrons. The fraction of sp³-hybridized carbons (Fsp3) is 0.464. The van der Waals surface area contributed by atoms with Crippen molar-refractivity contribution in [1.82, 2.24) is 0 Å². The third-order valence-electron chi connectivity index (χ3n) is 7.46. The van der Waals surface area contributed by atoms with Crippen LogP contribution in [0.3, 0.4) is 0 Å². The Morgan fingerprint density at radius 2 is 1.74 bits per heavy atom. The van der Waals surface area contributed by atoms with Gasteiger partial charge >= 0.3 is 0 Å². The Kier molecular flexibility index (Phi) is 8.80. The molecule has 8 unspecified atom stereocenters. The molecule has 2 aliphatic heterocycles. The third kappa shape index (κ3) is 5.74. The van der Waals surface area contributed by atoms with Gasteiger partial charge in [0.15, 0.2) is 17.8 Å². The van der Waals surface area contributed by atoms with Crippen molar-refractivity contribution in [1.29, 1.82) is 0 Å². The van der Waals surface area contributed by atoms with Crippen molar-refractivity contribution in [3.8, 4) is 34.1 Å². The molecule has 0 spiro atoms. The Bertz CT molecular complexity index is 1510. The lowest BCUT2D eigenvalue weighted by molar-refractivity contribution is -0.289. The summed E-state index contributed by atoms with van der Waals surface area (Å²) in [6.45, 7) is -1.63. The number of phenols is 1. The maximum atomic E-state index is 13.2. The minimum atomic E-state index is -1.93. The number of benzene rings is 2. The van der Waals surface area contributed by atoms with Crippen molar-refractivity contribution in [3.63, 3.8) is 0 Å². The van der Waals surface area contributed by atoms with Crippen LogP contribution in [0.4, 0.5) is 0 Å². The van der Waals surface area contributed by atoms with E-state index in [0.717, 1.165) is 0 Å². The topological polar surface area (TPSA) is 227 Å². The number of methoxy groups -OCH3 is 2. The summed E-state index contributed by atoms with van der Waals surface area (Å²) in [5, 5.41) is 71.4. The molecule has 0 bridgehead atoms. The van der Waals surface area contributed by atoms with Crippen LogP contribution >= 0.6 is 0 Å². The van der Waals surface area contributed by atoms with Gasteiger partial charge in [-0.2, -0.15) is 0 Å². The number of phenolic OH excluding ortho intramolecular Hbond substituents is 1. The van der Waals surface area contributed by atoms with E-state index >= 15 is 0 Å². The van der Waals surface area contributed by atoms with Crippen LogP contribution in [-0.4, -0.2) is 118 Å². The Labute approximate surface area is 243 Å². The Morgan fingerprint density at radius 1 is 0.977 bits per heavy atom. The zero-order valence-electron chi connectivity index (χ0n) is 23.0. The fourth-order valence-corrected chi connectivity index (χ4v) is 4.86. The van der Waals surface area contributed by atoms with Crippen LogP contribution in [-0.2, 0) is 14.2 Å². The van der Waals surface area contributed by atoms with E-state index in [4.69, 9.17) is 32.8 Å². The zero-order chi connectivity index (χ0) is 31.1. The number of aliphatic hydroxyl groups excluding tert-OH is 5. The van der Waals surface area contributed by atoms with Crippen LogP contribution < -0.4 is 19.6 Å². The first-order chi connectivity index (χ1) is 20.5. The molecule has 7 N–H and O–H groups in total. The first-order valence-electron chi connectivity index (χ1n) is 13.1. The highest BCUT2D eigenvalue weighted by Gasteiger charge is 2.50. The van der Waals surface area contributed by atoms with E-state index < -0.39 is 74.0 Å². The molecule has 8 atom stereocenters. The monoisotopic (exact) mass is 608 g/mol. The quantitative estimate of drug-likeness (QED) is 0.152. The van der Waals surface area contributed by atoms with Crippen LogP contribution in [0, 0.1) is 0 Å². The standard InChI is InChI=1S/C28H32O15/c1-37-13-6-15(30)20-18(7-13)39-8-14(21(20)31)12-3-4-16(17(5-12)38-2)42-26-24(34)23(33)22(32)19(43-26)9-40-27-25(35)28(36,10-29)11-41-27/h3-8,19,22-27,29-30,32-36H,9-11H2,1-2H3. The van der Waals surface area contributed by atoms with Gasteiger partial charge in [-0.25, -0.2) is 0 Å². The zero-order valence-corrected chi connectivity index (χ0v) is 23.0. The first-order valence-corrected chi connectivity index (χ1v) is 13.1. The van der Waals surface area contributed by atoms with Crippen LogP contribution in [0.15, 0.2) is 45.8 Å². The molecular weight excluding hydrogens is 576 g/mol. The summed E-state index contributed by atoms with van der Waals surface area (Å²) in [6, 6.07) is 7.13. The molecule has 43 heavy (non-hydrogen) atoms. The molecule has 3 heterocycles. The lowest BCUT2D eigenvalue weighted by Gasteiger charge is -2.40. The lowest BCUT2D eigenvalue weighted by atomic mass is 9.99. The van der Waals surface area contributed by atoms with E-state index in [0.29, 0.717) is 11.3 Å². The highest BCUT2D eigenvalue weighted by molar-refractivity contribution is 5.88. The molecule has 0 aliphatic carbocycles. The van der Waals surface area contributed by atoms with Gasteiger partial charge in [0.05, 0.1) is 39.6 Å². The molecule has 2 aromatic carbocycles. The van der Waals surface area contributed by atoms with Gasteiger partial charge in [0.25, 0.3) is 0 Å². The number of hydrogen-bond donors (Lipinski definition) is 7. The highest BCUT2D eigenvalue weighted by Crippen LogP contribution is 2.36. The van der Waals surface area contributed by atoms with Gasteiger partial charge in [-0.15, -0.1) is 0 Å². The first kappa shape index (κ1) is 30.9. The summed E-state index contributed by atoms with van der Waals surface area (Å²) in [5.41, 5.74) is -1.87. The normalized spacial score (nSPS) is 30.8. The maximum Gasteiger partial charge on any atom is 0.229 e. The number of hydrogen-bond acceptors (Lipinski definition) is 15. The molecule has 15 heteroatoms. The number of rotatable bonds is 9. The smallest absolute Gasteiger partial charge is 0.229 e. The van der Waals surface area contributed by atoms with E-state index in [1.54, 1.807) is 0 Å². The van der Waals surface area contributed by atoms with E-state index in [-0.39, 0.29) is 33.8 Å². The van der Waals surface area contributed by atoms with Crippen LogP contribution in [0.25, 0.3) is 22.1 Å². The molecule has 0 amide bonds. The fourth-order valence-electron chi connectivity index (χ4n) is 4.86. The molecular formula is C28H32O15. The van der Waals surface area contributed by atoms with Gasteiger partial charge < -0.3 is 68.6 Å². The van der Waals surface area contributed by atoms with Crippen LogP contribution in [0.5, 0.6) is 23.0 Å². The highest BCUT2D eigenvalue weighted by atomic mass is 16.7. The van der Waals surface area contributed by atoms with Crippen molar-refractivity contribution in [2.45, 2.75) is 48.7 Å². The summed E-state index contributed by atoms with van der Waals surface area (Å²) in [4.78, 5) is 13.2. The molecule has 3 aromatic rings. The van der Waals surface area contributed by atoms with Crippen molar-refractivity contribution in [3.05, 3.63) is 46.8 Å². The second-order valence-corrected chi connectivity index (χ2v) is 10.2. The summed E-state index contributed by atoms with van der Waals surface area (Å²) < 4.78 is 38.1. The van der Waals surface area contributed by atoms with E-state index in [1.165, 1.54) is 50.8 Å². The second kappa shape index (κ2) is 12.2. The molecule has 234 valence electrons. The van der Waals surface area contributed by atoms with Crippen molar-refractivity contribution >= 4 is 11.0 Å². The van der Waals surface area contributed by atoms with Crippen molar-refractivity contribution in [2.75, 3.05) is 34.0 Å². The van der Waals surface area contributed by atoms with Crippen molar-refractivity contribution < 1.29 is 68.6 Å². The van der Waals surface area contributed by atoms with E-state index in [1.807, 2.05) is 0 Å². The van der Waals surface area contributed by atoms with Crippen molar-refractivity contribution in [2.24, 2.45) is 0 Å². The van der Waals surface area contributed by atoms with E-state index in [9.17, 15) is 40.5 Å². The minimum absolute atomic E-state index is 0.0406. The Hall–Kier alpha value is -3.51. The molecule has 15 nitrogen and oxygen atoms in total. The maximum absolute atomic E-state index is 13.2. The lowest BCUT2D eigenvalue weighted by Crippen LogP contribution is -2.60. The molecule has 0 saturated carbocycles. The van der Waals surface area contributed by atoms with Crippen LogP contribution in [0.2, 0.25) is 0 Å². The number of ether oxygens (including phenoxy) is 6. The molecule has 1 aromatic heterocycles. The van der Waals surface area contributed by atoms with Crippen LogP contribution in [0.1, 0.15) is 0 Å². The van der Waals surface area contributed by atoms with Gasteiger partial charge in [-0.1, -0.05) is 6.07 Å². The predicted octanol–water partition coefficient (Wildman–Crippen LogP) is -1.17. The predicted molar refractivity (Wildman–Crippen MR) is 144 cm³/mol. The van der Waals surface area contributed by atoms with Gasteiger partial charge in [-0.3, -0.25) is 4.79 Å². The van der Waals surface area contributed by atoms with E-state index in [2.05, 4.69) is 0 Å². The molecule has 5 rings (SSSR count). The van der Waals surface area contributed by atoms with Gasteiger partial charge in [-0.05, 0) is 17.7 Å². The summed E-state index contributed by atoms with van der Waals surface area (Å²) in [7, 11) is 2.74. The summed E-state index contributed by atoms with van der Waals surface area (Å²) >= 11 is 0. The van der Waals surface area contributed by atoms with Gasteiger partial charge in [0, 0.05) is 12.1 Å². The molecule has 2 fully saturated rings. The SMILES string of the molecule is COc1cc(O)c2c(=O)c(-c3ccc(OC4OC(COC5OCC(O)(CO)C5O)C(O)C(O)C4O)c(OC)c3)coc2c1. The number of aliphatic hydroxyl groups is 6. The van der Waals surface area contributed by atoms with Gasteiger partial charge in [0.2, 0.25) is 11.7 Å². The molecule has 2 saturated heterocycles. The summed E-state index contributed by atoms with van der Waals surface area (Å²) in [6.07, 6.45) is -9.61.